The van der Waals surface area contributed by atoms with Crippen molar-refractivity contribution in [3.8, 4) is 5.75 Å². The monoisotopic (exact) mass is 350 g/mol. The lowest BCUT2D eigenvalue weighted by Gasteiger charge is -2.28. The molecule has 1 aromatic rings. The molecule has 1 unspecified atom stereocenters. The van der Waals surface area contributed by atoms with E-state index in [9.17, 15) is 8.78 Å². The van der Waals surface area contributed by atoms with Gasteiger partial charge in [-0.25, -0.2) is 4.39 Å². The van der Waals surface area contributed by atoms with Gasteiger partial charge in [0.15, 0.2) is 11.6 Å². The number of rotatable bonds is 6. The predicted molar refractivity (Wildman–Crippen MR) is 98.0 cm³/mol. The molecule has 0 saturated heterocycles. The molecule has 0 amide bonds. The molecule has 1 nitrogen and oxygen atoms in total. The van der Waals surface area contributed by atoms with E-state index in [1.165, 1.54) is 19.3 Å². The Morgan fingerprint density at radius 3 is 2.36 bits per heavy atom. The van der Waals surface area contributed by atoms with E-state index >= 15 is 0 Å². The summed E-state index contributed by atoms with van der Waals surface area (Å²) in [5, 5.41) is 0. The summed E-state index contributed by atoms with van der Waals surface area (Å²) in [5.41, 5.74) is 1.55. The Hall–Kier alpha value is -1.12. The predicted octanol–water partition coefficient (Wildman–Crippen LogP) is 6.47. The van der Waals surface area contributed by atoms with Crippen molar-refractivity contribution in [3.63, 3.8) is 0 Å². The van der Waals surface area contributed by atoms with Gasteiger partial charge in [-0.3, -0.25) is 0 Å². The lowest BCUT2D eigenvalue weighted by Crippen LogP contribution is -2.21. The van der Waals surface area contributed by atoms with Gasteiger partial charge in [-0.05, 0) is 67.1 Å². The summed E-state index contributed by atoms with van der Waals surface area (Å²) >= 11 is 0. The fraction of sp³-hybridized carbons (Fsp3) is 0.727. The Morgan fingerprint density at radius 2 is 1.68 bits per heavy atom. The summed E-state index contributed by atoms with van der Waals surface area (Å²) in [5.74, 6) is 0.497. The molecule has 0 N–H and O–H groups in total. The van der Waals surface area contributed by atoms with Crippen LogP contribution in [0.15, 0.2) is 6.07 Å². The molecule has 2 aliphatic carbocycles. The third-order valence-electron chi connectivity index (χ3n) is 6.40. The molecule has 0 spiro atoms. The van der Waals surface area contributed by atoms with E-state index in [1.54, 1.807) is 6.07 Å². The molecule has 25 heavy (non-hydrogen) atoms. The van der Waals surface area contributed by atoms with Crippen LogP contribution in [0.3, 0.4) is 0 Å². The maximum atomic E-state index is 14.6. The van der Waals surface area contributed by atoms with Crippen molar-refractivity contribution >= 4 is 0 Å². The number of hydrogen-bond acceptors (Lipinski definition) is 1. The molecule has 3 rings (SSSR count). The molecule has 1 aromatic carbocycles. The summed E-state index contributed by atoms with van der Waals surface area (Å²) in [6.07, 6.45) is 10.8. The van der Waals surface area contributed by atoms with E-state index in [1.807, 2.05) is 0 Å². The summed E-state index contributed by atoms with van der Waals surface area (Å²) in [6, 6.07) is 1.77. The molecule has 140 valence electrons. The zero-order chi connectivity index (χ0) is 17.8. The van der Waals surface area contributed by atoms with Crippen molar-refractivity contribution in [2.75, 3.05) is 6.61 Å². The molecule has 0 heterocycles. The van der Waals surface area contributed by atoms with Gasteiger partial charge in [0.1, 0.15) is 0 Å². The Morgan fingerprint density at radius 1 is 0.960 bits per heavy atom. The highest BCUT2D eigenvalue weighted by Gasteiger charge is 2.27. The van der Waals surface area contributed by atoms with Crippen molar-refractivity contribution in [2.45, 2.75) is 78.1 Å². The largest absolute Gasteiger partial charge is 0.490 e. The maximum absolute atomic E-state index is 14.6. The molecule has 0 radical (unpaired) electrons. The number of ether oxygens (including phenoxy) is 1. The van der Waals surface area contributed by atoms with Gasteiger partial charge >= 0.3 is 0 Å². The minimum atomic E-state index is -0.779. The Balaban J connectivity index is 1.64. The molecule has 0 bridgehead atoms. The van der Waals surface area contributed by atoms with Gasteiger partial charge in [0.25, 0.3) is 0 Å². The summed E-state index contributed by atoms with van der Waals surface area (Å²) in [6.45, 7) is 4.92. The number of benzene rings is 1. The number of aryl methyl sites for hydroxylation is 1. The van der Waals surface area contributed by atoms with E-state index in [2.05, 4.69) is 13.8 Å². The molecular weight excluding hydrogens is 318 g/mol. The number of halogens is 2. The normalized spacial score (nSPS) is 26.3. The molecule has 1 saturated carbocycles. The van der Waals surface area contributed by atoms with Crippen LogP contribution < -0.4 is 4.74 Å². The lowest BCUT2D eigenvalue weighted by molar-refractivity contribution is 0.175. The fourth-order valence-corrected chi connectivity index (χ4v) is 4.66. The van der Waals surface area contributed by atoms with Crippen molar-refractivity contribution in [2.24, 2.45) is 17.8 Å². The van der Waals surface area contributed by atoms with E-state index < -0.39 is 11.6 Å². The second-order valence-electron chi connectivity index (χ2n) is 8.14. The average Bonchev–Trinajstić information content (AvgIpc) is 2.64. The summed E-state index contributed by atoms with van der Waals surface area (Å²) in [4.78, 5) is 0. The van der Waals surface area contributed by atoms with Gasteiger partial charge in [-0.1, -0.05) is 46.0 Å². The maximum Gasteiger partial charge on any atom is 0.200 e. The summed E-state index contributed by atoms with van der Waals surface area (Å²) < 4.78 is 34.8. The third-order valence-corrected chi connectivity index (χ3v) is 6.40. The first-order valence-electron chi connectivity index (χ1n) is 10.2. The quantitative estimate of drug-likeness (QED) is 0.571. The van der Waals surface area contributed by atoms with Crippen LogP contribution in [0.1, 0.15) is 76.3 Å². The first kappa shape index (κ1) is 18.7. The Bertz CT molecular complexity index is 576. The van der Waals surface area contributed by atoms with E-state index in [-0.39, 0.29) is 5.75 Å². The zero-order valence-corrected chi connectivity index (χ0v) is 15.8. The first-order chi connectivity index (χ1) is 12.1. The van der Waals surface area contributed by atoms with Crippen molar-refractivity contribution < 1.29 is 13.5 Å². The minimum absolute atomic E-state index is 0.128. The van der Waals surface area contributed by atoms with Gasteiger partial charge in [0.05, 0.1) is 6.61 Å². The van der Waals surface area contributed by atoms with Gasteiger partial charge in [0, 0.05) is 0 Å². The van der Waals surface area contributed by atoms with Crippen LogP contribution in [-0.4, -0.2) is 6.61 Å². The molecule has 3 heteroatoms. The second kappa shape index (κ2) is 8.51. The minimum Gasteiger partial charge on any atom is -0.490 e. The molecule has 1 atom stereocenters. The van der Waals surface area contributed by atoms with Gasteiger partial charge in [-0.15, -0.1) is 0 Å². The standard InChI is InChI=1S/C22H32F2O/c1-3-5-16-10-11-18-13-20(22(24)21(23)19(18)12-16)25-14-17-8-6-15(4-2)7-9-17/h13,15-17H,3-12,14H2,1-2H3. The SMILES string of the molecule is CCCC1CCc2cc(OCC3CCC(CC)CC3)c(F)c(F)c2C1. The highest BCUT2D eigenvalue weighted by molar-refractivity contribution is 5.40. The lowest BCUT2D eigenvalue weighted by atomic mass is 9.81. The van der Waals surface area contributed by atoms with Crippen LogP contribution in [-0.2, 0) is 12.8 Å². The summed E-state index contributed by atoms with van der Waals surface area (Å²) in [7, 11) is 0. The number of hydrogen-bond donors (Lipinski definition) is 0. The molecule has 0 aliphatic heterocycles. The van der Waals surface area contributed by atoms with Gasteiger partial charge in [-0.2, -0.15) is 4.39 Å². The molecule has 1 fully saturated rings. The van der Waals surface area contributed by atoms with Crippen LogP contribution >= 0.6 is 0 Å². The molecular formula is C22H32F2O. The first-order valence-corrected chi connectivity index (χ1v) is 10.2. The van der Waals surface area contributed by atoms with E-state index in [0.29, 0.717) is 30.4 Å². The number of fused-ring (bicyclic) bond motifs is 1. The Kier molecular flexibility index (Phi) is 6.35. The average molecular weight is 350 g/mol. The van der Waals surface area contributed by atoms with Crippen molar-refractivity contribution in [3.05, 3.63) is 28.8 Å². The Labute approximate surface area is 151 Å². The van der Waals surface area contributed by atoms with Crippen LogP contribution in [0.2, 0.25) is 0 Å². The van der Waals surface area contributed by atoms with Crippen molar-refractivity contribution in [1.29, 1.82) is 0 Å². The topological polar surface area (TPSA) is 9.23 Å². The molecule has 0 aromatic heterocycles. The highest BCUT2D eigenvalue weighted by atomic mass is 19.2. The zero-order valence-electron chi connectivity index (χ0n) is 15.8. The smallest absolute Gasteiger partial charge is 0.200 e. The van der Waals surface area contributed by atoms with Gasteiger partial charge in [0.2, 0.25) is 5.82 Å². The van der Waals surface area contributed by atoms with Crippen LogP contribution in [0, 0.1) is 29.4 Å². The molecule has 2 aliphatic rings. The van der Waals surface area contributed by atoms with E-state index in [0.717, 1.165) is 50.0 Å². The fourth-order valence-electron chi connectivity index (χ4n) is 4.66. The van der Waals surface area contributed by atoms with Crippen LogP contribution in [0.5, 0.6) is 5.75 Å². The highest BCUT2D eigenvalue weighted by Crippen LogP contribution is 2.36. The van der Waals surface area contributed by atoms with E-state index in [4.69, 9.17) is 4.74 Å². The third kappa shape index (κ3) is 4.35. The van der Waals surface area contributed by atoms with Crippen molar-refractivity contribution in [1.82, 2.24) is 0 Å². The second-order valence-corrected chi connectivity index (χ2v) is 8.14. The van der Waals surface area contributed by atoms with Crippen LogP contribution in [0.4, 0.5) is 8.78 Å². The van der Waals surface area contributed by atoms with Gasteiger partial charge < -0.3 is 4.74 Å². The van der Waals surface area contributed by atoms with Crippen LogP contribution in [0.25, 0.3) is 0 Å².